The summed E-state index contributed by atoms with van der Waals surface area (Å²) in [5.74, 6) is -1.10. The highest BCUT2D eigenvalue weighted by molar-refractivity contribution is 5.86. The Kier molecular flexibility index (Phi) is 2.70. The van der Waals surface area contributed by atoms with Gasteiger partial charge in [0.15, 0.2) is 12.0 Å². The van der Waals surface area contributed by atoms with E-state index in [1.165, 1.54) is 23.1 Å². The van der Waals surface area contributed by atoms with Crippen LogP contribution >= 0.6 is 0 Å². The molecule has 86 valence electrons. The van der Waals surface area contributed by atoms with Crippen LogP contribution in [0, 0.1) is 6.92 Å². The van der Waals surface area contributed by atoms with Crippen molar-refractivity contribution in [1.82, 2.24) is 14.8 Å². The van der Waals surface area contributed by atoms with Crippen molar-refractivity contribution >= 4 is 12.3 Å². The van der Waals surface area contributed by atoms with Crippen LogP contribution in [0.4, 0.5) is 0 Å². The van der Waals surface area contributed by atoms with Crippen molar-refractivity contribution < 1.29 is 14.7 Å². The van der Waals surface area contributed by atoms with E-state index in [2.05, 4.69) is 10.1 Å². The lowest BCUT2D eigenvalue weighted by molar-refractivity contribution is 0.0690. The fraction of sp³-hybridized carbons (Fsp3) is 0.0909. The normalized spacial score (nSPS) is 10.2. The molecule has 0 aliphatic rings. The number of hydrogen-bond donors (Lipinski definition) is 1. The molecule has 0 saturated heterocycles. The van der Waals surface area contributed by atoms with Gasteiger partial charge in [-0.1, -0.05) is 0 Å². The fourth-order valence-corrected chi connectivity index (χ4v) is 1.51. The number of carbonyl (C=O) groups is 2. The summed E-state index contributed by atoms with van der Waals surface area (Å²) in [6, 6.07) is 3.05. The van der Waals surface area contributed by atoms with Crippen molar-refractivity contribution in [2.75, 3.05) is 0 Å². The molecule has 0 aliphatic heterocycles. The zero-order valence-corrected chi connectivity index (χ0v) is 8.99. The Labute approximate surface area is 96.5 Å². The Morgan fingerprint density at radius 2 is 2.29 bits per heavy atom. The zero-order chi connectivity index (χ0) is 12.4. The van der Waals surface area contributed by atoms with E-state index in [4.69, 9.17) is 5.11 Å². The van der Waals surface area contributed by atoms with Gasteiger partial charge in [-0.3, -0.25) is 9.78 Å². The molecule has 2 rings (SSSR count). The minimum absolute atomic E-state index is 0.0591. The highest BCUT2D eigenvalue weighted by atomic mass is 16.4. The highest BCUT2D eigenvalue weighted by Crippen LogP contribution is 2.14. The van der Waals surface area contributed by atoms with Crippen LogP contribution in [-0.4, -0.2) is 32.1 Å². The molecule has 17 heavy (non-hydrogen) atoms. The molecule has 0 fully saturated rings. The van der Waals surface area contributed by atoms with Gasteiger partial charge in [0, 0.05) is 18.1 Å². The number of hydrogen-bond acceptors (Lipinski definition) is 4. The first-order valence-electron chi connectivity index (χ1n) is 4.83. The summed E-state index contributed by atoms with van der Waals surface area (Å²) in [6.45, 7) is 1.72. The Hall–Kier alpha value is -2.50. The summed E-state index contributed by atoms with van der Waals surface area (Å²) < 4.78 is 1.41. The molecule has 2 aromatic rings. The molecule has 0 saturated carbocycles. The van der Waals surface area contributed by atoms with Gasteiger partial charge in [0.2, 0.25) is 0 Å². The number of carboxylic acids is 1. The molecular formula is C11H9N3O3. The number of aromatic nitrogens is 3. The van der Waals surface area contributed by atoms with Gasteiger partial charge in [0.1, 0.15) is 0 Å². The molecule has 0 unspecified atom stereocenters. The fourth-order valence-electron chi connectivity index (χ4n) is 1.51. The third-order valence-corrected chi connectivity index (χ3v) is 2.29. The van der Waals surface area contributed by atoms with Crippen molar-refractivity contribution in [3.05, 3.63) is 41.5 Å². The predicted molar refractivity (Wildman–Crippen MR) is 58.4 cm³/mol. The largest absolute Gasteiger partial charge is 0.476 e. The second kappa shape index (κ2) is 4.17. The van der Waals surface area contributed by atoms with Gasteiger partial charge in [-0.15, -0.1) is 0 Å². The number of aromatic carboxylic acids is 1. The van der Waals surface area contributed by atoms with Gasteiger partial charge in [0.05, 0.1) is 11.3 Å². The van der Waals surface area contributed by atoms with Crippen LogP contribution in [0.1, 0.15) is 26.5 Å². The number of nitrogens with zero attached hydrogens (tertiary/aromatic N) is 3. The summed E-state index contributed by atoms with van der Waals surface area (Å²) in [6.07, 6.45) is 3.58. The molecule has 6 heteroatoms. The molecule has 2 heterocycles. The van der Waals surface area contributed by atoms with Crippen molar-refractivity contribution in [1.29, 1.82) is 0 Å². The van der Waals surface area contributed by atoms with E-state index in [0.717, 1.165) is 0 Å². The van der Waals surface area contributed by atoms with E-state index in [9.17, 15) is 9.59 Å². The van der Waals surface area contributed by atoms with Crippen molar-refractivity contribution in [3.8, 4) is 5.69 Å². The van der Waals surface area contributed by atoms with Gasteiger partial charge in [-0.25, -0.2) is 9.48 Å². The average Bonchev–Trinajstić information content (AvgIpc) is 2.71. The van der Waals surface area contributed by atoms with Gasteiger partial charge >= 0.3 is 5.97 Å². The number of aryl methyl sites for hydroxylation is 1. The van der Waals surface area contributed by atoms with Gasteiger partial charge in [-0.05, 0) is 19.1 Å². The molecule has 2 aromatic heterocycles. The lowest BCUT2D eigenvalue weighted by atomic mass is 10.2. The van der Waals surface area contributed by atoms with Gasteiger partial charge < -0.3 is 5.11 Å². The van der Waals surface area contributed by atoms with Crippen LogP contribution in [0.3, 0.4) is 0 Å². The summed E-state index contributed by atoms with van der Waals surface area (Å²) in [4.78, 5) is 25.5. The molecule has 0 bridgehead atoms. The van der Waals surface area contributed by atoms with E-state index in [-0.39, 0.29) is 5.69 Å². The first kappa shape index (κ1) is 11.0. The van der Waals surface area contributed by atoms with Crippen molar-refractivity contribution in [2.24, 2.45) is 0 Å². The Morgan fingerprint density at radius 1 is 1.53 bits per heavy atom. The van der Waals surface area contributed by atoms with Gasteiger partial charge in [-0.2, -0.15) is 5.10 Å². The second-order valence-electron chi connectivity index (χ2n) is 3.44. The number of carboxylic acid groups (broad SMARTS) is 1. The van der Waals surface area contributed by atoms with Crippen LogP contribution < -0.4 is 0 Å². The third kappa shape index (κ3) is 1.92. The quantitative estimate of drug-likeness (QED) is 0.799. The topological polar surface area (TPSA) is 85.1 Å². The minimum Gasteiger partial charge on any atom is -0.476 e. The van der Waals surface area contributed by atoms with E-state index in [0.29, 0.717) is 23.2 Å². The SMILES string of the molecule is Cc1cc(C(=O)O)nn1-c1ccncc1C=O. The Bertz CT molecular complexity index is 589. The second-order valence-corrected chi connectivity index (χ2v) is 3.44. The van der Waals surface area contributed by atoms with Crippen LogP contribution in [0.5, 0.6) is 0 Å². The van der Waals surface area contributed by atoms with Crippen molar-refractivity contribution in [2.45, 2.75) is 6.92 Å². The van der Waals surface area contributed by atoms with Crippen LogP contribution in [-0.2, 0) is 0 Å². The average molecular weight is 231 g/mol. The molecule has 0 atom stereocenters. The lowest BCUT2D eigenvalue weighted by Gasteiger charge is -2.05. The summed E-state index contributed by atoms with van der Waals surface area (Å²) in [5.41, 5.74) is 1.45. The molecule has 0 amide bonds. The smallest absolute Gasteiger partial charge is 0.356 e. The van der Waals surface area contributed by atoms with E-state index in [1.807, 2.05) is 0 Å². The molecule has 0 aromatic carbocycles. The minimum atomic E-state index is -1.10. The summed E-state index contributed by atoms with van der Waals surface area (Å²) in [7, 11) is 0. The zero-order valence-electron chi connectivity index (χ0n) is 8.99. The van der Waals surface area contributed by atoms with E-state index in [1.54, 1.807) is 13.0 Å². The maximum absolute atomic E-state index is 10.9. The third-order valence-electron chi connectivity index (χ3n) is 2.29. The predicted octanol–water partition coefficient (Wildman–Crippen LogP) is 1.09. The molecule has 0 aliphatic carbocycles. The van der Waals surface area contributed by atoms with Crippen LogP contribution in [0.15, 0.2) is 24.5 Å². The summed E-state index contributed by atoms with van der Waals surface area (Å²) >= 11 is 0. The number of aldehydes is 1. The molecule has 0 radical (unpaired) electrons. The maximum atomic E-state index is 10.9. The summed E-state index contributed by atoms with van der Waals surface area (Å²) in [5, 5.41) is 12.8. The monoisotopic (exact) mass is 231 g/mol. The van der Waals surface area contributed by atoms with E-state index < -0.39 is 5.97 Å². The van der Waals surface area contributed by atoms with Crippen LogP contribution in [0.25, 0.3) is 5.69 Å². The molecule has 0 spiro atoms. The Morgan fingerprint density at radius 3 is 2.88 bits per heavy atom. The molecular weight excluding hydrogens is 222 g/mol. The van der Waals surface area contributed by atoms with Gasteiger partial charge in [0.25, 0.3) is 0 Å². The number of rotatable bonds is 3. The highest BCUT2D eigenvalue weighted by Gasteiger charge is 2.13. The first-order chi connectivity index (χ1) is 8.13. The van der Waals surface area contributed by atoms with Crippen LogP contribution in [0.2, 0.25) is 0 Å². The maximum Gasteiger partial charge on any atom is 0.356 e. The standard InChI is InChI=1S/C11H9N3O3/c1-7-4-9(11(16)17)13-14(7)10-2-3-12-5-8(10)6-15/h2-6H,1H3,(H,16,17). The molecule has 1 N–H and O–H groups in total. The van der Waals surface area contributed by atoms with Crippen molar-refractivity contribution in [3.63, 3.8) is 0 Å². The first-order valence-corrected chi connectivity index (χ1v) is 4.83. The molecule has 6 nitrogen and oxygen atoms in total. The Balaban J connectivity index is 2.60. The number of pyridine rings is 1. The number of carbonyl (C=O) groups excluding carboxylic acids is 1. The lowest BCUT2D eigenvalue weighted by Crippen LogP contribution is -2.05. The van der Waals surface area contributed by atoms with E-state index >= 15 is 0 Å².